The number of ether oxygens (including phenoxy) is 1. The van der Waals surface area contributed by atoms with Crippen molar-refractivity contribution < 1.29 is 18.3 Å². The van der Waals surface area contributed by atoms with Crippen molar-refractivity contribution in [2.24, 2.45) is 0 Å². The standard InChI is InChI=1S/C15H11ClF2N4O2/c1-2-24-15(23)10(14-21-3-4-22-14)9-7(5-19)12(17)8(6-20)13(18)11(9)16/h21-22H,2-4H2,1H3. The quantitative estimate of drug-likeness (QED) is 0.489. The minimum atomic E-state index is -1.38. The summed E-state index contributed by atoms with van der Waals surface area (Å²) in [5.74, 6) is -3.48. The first-order chi connectivity index (χ1) is 11.5. The van der Waals surface area contributed by atoms with E-state index in [0.717, 1.165) is 0 Å². The molecule has 1 fully saturated rings. The van der Waals surface area contributed by atoms with Crippen LogP contribution < -0.4 is 10.6 Å². The van der Waals surface area contributed by atoms with Crippen LogP contribution >= 0.6 is 11.6 Å². The Balaban J connectivity index is 2.86. The number of hydrogen-bond acceptors (Lipinski definition) is 6. The van der Waals surface area contributed by atoms with Gasteiger partial charge in [0.1, 0.15) is 29.1 Å². The molecule has 0 radical (unpaired) electrons. The minimum Gasteiger partial charge on any atom is -0.462 e. The van der Waals surface area contributed by atoms with E-state index in [1.165, 1.54) is 12.1 Å². The molecule has 0 aliphatic carbocycles. The lowest BCUT2D eigenvalue weighted by atomic mass is 9.96. The SMILES string of the molecule is CCOC(=O)C(=C1NCCN1)c1c(Cl)c(F)c(C#N)c(F)c1C#N. The Morgan fingerprint density at radius 1 is 1.21 bits per heavy atom. The average Bonchev–Trinajstić information content (AvgIpc) is 3.07. The van der Waals surface area contributed by atoms with Gasteiger partial charge in [0.15, 0.2) is 11.6 Å². The molecule has 1 heterocycles. The molecule has 1 aromatic carbocycles. The van der Waals surface area contributed by atoms with Crippen molar-refractivity contribution in [3.63, 3.8) is 0 Å². The number of nitriles is 2. The van der Waals surface area contributed by atoms with Gasteiger partial charge in [-0.3, -0.25) is 0 Å². The molecule has 124 valence electrons. The van der Waals surface area contributed by atoms with E-state index < -0.39 is 39.3 Å². The van der Waals surface area contributed by atoms with Crippen molar-refractivity contribution in [1.29, 1.82) is 10.5 Å². The second-order valence-electron chi connectivity index (χ2n) is 4.61. The lowest BCUT2D eigenvalue weighted by Crippen LogP contribution is -2.21. The summed E-state index contributed by atoms with van der Waals surface area (Å²) in [4.78, 5) is 12.3. The van der Waals surface area contributed by atoms with Crippen LogP contribution in [0.15, 0.2) is 5.82 Å². The number of nitrogens with one attached hydrogen (secondary N) is 2. The van der Waals surface area contributed by atoms with Gasteiger partial charge in [0.05, 0.1) is 17.2 Å². The van der Waals surface area contributed by atoms with Crippen molar-refractivity contribution in [2.75, 3.05) is 19.7 Å². The maximum Gasteiger partial charge on any atom is 0.342 e. The smallest absolute Gasteiger partial charge is 0.342 e. The molecule has 24 heavy (non-hydrogen) atoms. The predicted octanol–water partition coefficient (Wildman–Crippen LogP) is 1.79. The lowest BCUT2D eigenvalue weighted by molar-refractivity contribution is -0.136. The molecule has 0 saturated carbocycles. The third-order valence-electron chi connectivity index (χ3n) is 3.25. The molecular weight excluding hydrogens is 342 g/mol. The van der Waals surface area contributed by atoms with Gasteiger partial charge in [0, 0.05) is 18.7 Å². The number of nitrogens with zero attached hydrogens (tertiary/aromatic N) is 2. The highest BCUT2D eigenvalue weighted by Gasteiger charge is 2.32. The molecule has 2 N–H and O–H groups in total. The van der Waals surface area contributed by atoms with Gasteiger partial charge >= 0.3 is 5.97 Å². The second kappa shape index (κ2) is 7.16. The number of hydrogen-bond donors (Lipinski definition) is 2. The molecule has 6 nitrogen and oxygen atoms in total. The Bertz CT molecular complexity index is 816. The zero-order valence-electron chi connectivity index (χ0n) is 12.5. The molecule has 1 saturated heterocycles. The normalized spacial score (nSPS) is 12.7. The van der Waals surface area contributed by atoms with E-state index in [4.69, 9.17) is 21.6 Å². The fraction of sp³-hybridized carbons (Fsp3) is 0.267. The molecule has 0 amide bonds. The summed E-state index contributed by atoms with van der Waals surface area (Å²) in [6.45, 7) is 2.48. The third kappa shape index (κ3) is 2.84. The molecule has 0 unspecified atom stereocenters. The minimum absolute atomic E-state index is 0.0103. The summed E-state index contributed by atoms with van der Waals surface area (Å²) in [6.07, 6.45) is 0. The van der Waals surface area contributed by atoms with Gasteiger partial charge in [0.25, 0.3) is 0 Å². The fourth-order valence-electron chi connectivity index (χ4n) is 2.24. The molecule has 0 spiro atoms. The Morgan fingerprint density at radius 2 is 1.79 bits per heavy atom. The molecular formula is C15H11ClF2N4O2. The summed E-state index contributed by atoms with van der Waals surface area (Å²) < 4.78 is 33.4. The van der Waals surface area contributed by atoms with E-state index >= 15 is 0 Å². The van der Waals surface area contributed by atoms with E-state index in [1.54, 1.807) is 6.92 Å². The van der Waals surface area contributed by atoms with Gasteiger partial charge in [-0.1, -0.05) is 11.6 Å². The Kier molecular flexibility index (Phi) is 5.22. The van der Waals surface area contributed by atoms with Crippen molar-refractivity contribution >= 4 is 23.1 Å². The van der Waals surface area contributed by atoms with Crippen molar-refractivity contribution in [3.8, 4) is 12.1 Å². The van der Waals surface area contributed by atoms with Gasteiger partial charge in [0.2, 0.25) is 0 Å². The van der Waals surface area contributed by atoms with E-state index in [0.29, 0.717) is 13.1 Å². The molecule has 1 aliphatic heterocycles. The van der Waals surface area contributed by atoms with Crippen LogP contribution in [0, 0.1) is 34.3 Å². The number of halogens is 3. The maximum absolute atomic E-state index is 14.3. The third-order valence-corrected chi connectivity index (χ3v) is 3.61. The fourth-order valence-corrected chi connectivity index (χ4v) is 2.53. The maximum atomic E-state index is 14.3. The highest BCUT2D eigenvalue weighted by Crippen LogP contribution is 2.35. The first kappa shape index (κ1) is 17.5. The van der Waals surface area contributed by atoms with Gasteiger partial charge < -0.3 is 15.4 Å². The first-order valence-electron chi connectivity index (χ1n) is 6.88. The van der Waals surface area contributed by atoms with Crippen molar-refractivity contribution in [2.45, 2.75) is 6.92 Å². The molecule has 1 aromatic rings. The molecule has 0 aromatic heterocycles. The summed E-state index contributed by atoms with van der Waals surface area (Å²) in [5, 5.41) is 23.1. The average molecular weight is 353 g/mol. The molecule has 0 atom stereocenters. The van der Waals surface area contributed by atoms with Crippen LogP contribution in [0.2, 0.25) is 5.02 Å². The Labute approximate surface area is 141 Å². The van der Waals surface area contributed by atoms with Crippen LogP contribution in [0.5, 0.6) is 0 Å². The van der Waals surface area contributed by atoms with Crippen LogP contribution in [-0.4, -0.2) is 25.7 Å². The summed E-state index contributed by atoms with van der Waals surface area (Å²) in [6, 6.07) is 2.85. The second-order valence-corrected chi connectivity index (χ2v) is 4.99. The van der Waals surface area contributed by atoms with Crippen LogP contribution in [0.25, 0.3) is 5.57 Å². The van der Waals surface area contributed by atoms with Crippen LogP contribution in [0.3, 0.4) is 0 Å². The van der Waals surface area contributed by atoms with E-state index in [9.17, 15) is 18.8 Å². The van der Waals surface area contributed by atoms with Gasteiger partial charge in [-0.15, -0.1) is 0 Å². The zero-order chi connectivity index (χ0) is 17.9. The number of carbonyl (C=O) groups excluding carboxylic acids is 1. The van der Waals surface area contributed by atoms with E-state index in [-0.39, 0.29) is 18.0 Å². The Hall–Kier alpha value is -2.84. The van der Waals surface area contributed by atoms with Gasteiger partial charge in [-0.05, 0) is 6.92 Å². The van der Waals surface area contributed by atoms with Crippen LogP contribution in [0.1, 0.15) is 23.6 Å². The highest BCUT2D eigenvalue weighted by atomic mass is 35.5. The van der Waals surface area contributed by atoms with Crippen LogP contribution in [0.4, 0.5) is 8.78 Å². The predicted molar refractivity (Wildman–Crippen MR) is 80.4 cm³/mol. The molecule has 1 aliphatic rings. The first-order valence-corrected chi connectivity index (χ1v) is 7.25. The summed E-state index contributed by atoms with van der Waals surface area (Å²) in [7, 11) is 0. The number of esters is 1. The summed E-state index contributed by atoms with van der Waals surface area (Å²) >= 11 is 5.91. The van der Waals surface area contributed by atoms with Gasteiger partial charge in [-0.2, -0.15) is 10.5 Å². The van der Waals surface area contributed by atoms with Crippen LogP contribution in [-0.2, 0) is 9.53 Å². The topological polar surface area (TPSA) is 97.9 Å². The zero-order valence-corrected chi connectivity index (χ0v) is 13.2. The molecule has 9 heteroatoms. The van der Waals surface area contributed by atoms with Crippen molar-refractivity contribution in [3.05, 3.63) is 39.2 Å². The van der Waals surface area contributed by atoms with Gasteiger partial charge in [-0.25, -0.2) is 13.6 Å². The molecule has 2 rings (SSSR count). The Morgan fingerprint density at radius 3 is 2.29 bits per heavy atom. The molecule has 0 bridgehead atoms. The van der Waals surface area contributed by atoms with Crippen molar-refractivity contribution in [1.82, 2.24) is 10.6 Å². The monoisotopic (exact) mass is 352 g/mol. The largest absolute Gasteiger partial charge is 0.462 e. The number of benzene rings is 1. The summed E-state index contributed by atoms with van der Waals surface area (Å²) in [5.41, 5.74) is -2.44. The number of carbonyl (C=O) groups is 1. The lowest BCUT2D eigenvalue weighted by Gasteiger charge is -2.15. The number of rotatable bonds is 3. The van der Waals surface area contributed by atoms with E-state index in [2.05, 4.69) is 10.6 Å². The van der Waals surface area contributed by atoms with E-state index in [1.807, 2.05) is 0 Å². The highest BCUT2D eigenvalue weighted by molar-refractivity contribution is 6.35.